The van der Waals surface area contributed by atoms with Crippen LogP contribution >= 0.6 is 0 Å². The van der Waals surface area contributed by atoms with Crippen molar-refractivity contribution in [1.29, 1.82) is 0 Å². The molecule has 1 aliphatic rings. The summed E-state index contributed by atoms with van der Waals surface area (Å²) in [5.41, 5.74) is 20.4. The lowest BCUT2D eigenvalue weighted by Gasteiger charge is -2.18. The first-order valence-electron chi connectivity index (χ1n) is 33.5. The average molecular weight is 1470 g/mol. The van der Waals surface area contributed by atoms with E-state index in [9.17, 15) is 57.5 Å². The largest absolute Gasteiger partial charge is 0.445 e. The molecule has 7 rings (SSSR count). The third kappa shape index (κ3) is 36.7. The van der Waals surface area contributed by atoms with Crippen molar-refractivity contribution in [3.05, 3.63) is 144 Å². The first-order chi connectivity index (χ1) is 51.3. The molecule has 38 nitrogen and oxygen atoms in total. The van der Waals surface area contributed by atoms with Crippen molar-refractivity contribution >= 4 is 71.3 Å². The van der Waals surface area contributed by atoms with E-state index in [4.69, 9.17) is 50.5 Å². The summed E-state index contributed by atoms with van der Waals surface area (Å²) in [6.45, 7) is 4.27. The molecule has 2 unspecified atom stereocenters. The Kier molecular flexibility index (Phi) is 40.2. The Morgan fingerprint density at radius 1 is 0.425 bits per heavy atom. The number of ether oxygens (including phenoxy) is 6. The molecule has 4 aromatic carbocycles. The van der Waals surface area contributed by atoms with Crippen LogP contribution in [0.2, 0.25) is 0 Å². The van der Waals surface area contributed by atoms with Crippen LogP contribution in [0.3, 0.4) is 0 Å². The number of nitrogens with one attached hydrogen (secondary N) is 7. The maximum atomic E-state index is 12.6. The fraction of sp³-hybridized carbons (Fsp3) is 0.412. The number of hydroxylamine groups is 2. The lowest BCUT2D eigenvalue weighted by molar-refractivity contribution is -0.197. The van der Waals surface area contributed by atoms with Gasteiger partial charge in [0.2, 0.25) is 53.0 Å². The predicted molar refractivity (Wildman–Crippen MR) is 371 cm³/mol. The summed E-state index contributed by atoms with van der Waals surface area (Å²) in [6, 6.07) is 30.7. The molecule has 2 atom stereocenters. The summed E-state index contributed by atoms with van der Waals surface area (Å²) in [5.74, 6) is -4.13. The molecule has 0 radical (unpaired) electrons. The number of hydrogen-bond acceptors (Lipinski definition) is 28. The van der Waals surface area contributed by atoms with E-state index < -0.39 is 65.7 Å². The summed E-state index contributed by atoms with van der Waals surface area (Å²) in [4.78, 5) is 146. The highest BCUT2D eigenvalue weighted by atomic mass is 16.7. The number of nitrogens with zero attached hydrogens (tertiary/aromatic N) is 9. The lowest BCUT2D eigenvalue weighted by Crippen LogP contribution is -2.48. The SMILES string of the molecule is NC(=O)CCC(NC(=O)OCc1ccccc1)C(=O)NCCOCCOCCNC(=O)CCC(=O)NCc1ccc(-c2nncnn2)cc1.NCCOCCOCCNC(=O)C(CCC(N)=O)NC(=O)OCc1ccccc1.O=C(CCC(=O)ON1C(=O)CCC1=O)NCc1ccc(-c2nncnn2)cc1. The van der Waals surface area contributed by atoms with Crippen LogP contribution in [0.4, 0.5) is 9.59 Å². The number of hydrogen-bond donors (Lipinski definition) is 10. The first-order valence-corrected chi connectivity index (χ1v) is 33.5. The minimum Gasteiger partial charge on any atom is -0.445 e. The van der Waals surface area contributed by atoms with Crippen LogP contribution in [-0.2, 0) is 108 Å². The van der Waals surface area contributed by atoms with E-state index in [1.54, 1.807) is 36.4 Å². The molecule has 0 aliphatic carbocycles. The minimum absolute atomic E-state index is 0.0125. The molecule has 1 aliphatic heterocycles. The molecule has 38 heteroatoms. The van der Waals surface area contributed by atoms with Gasteiger partial charge in [0.25, 0.3) is 11.8 Å². The van der Waals surface area contributed by atoms with Gasteiger partial charge in [-0.25, -0.2) is 14.4 Å². The number of carbonyl (C=O) groups excluding carboxylic acids is 12. The van der Waals surface area contributed by atoms with E-state index in [2.05, 4.69) is 78.0 Å². The van der Waals surface area contributed by atoms with Crippen molar-refractivity contribution in [2.45, 2.75) is 103 Å². The van der Waals surface area contributed by atoms with Crippen LogP contribution in [-0.4, -0.2) is 208 Å². The van der Waals surface area contributed by atoms with Crippen LogP contribution in [0.1, 0.15) is 86.5 Å². The Hall–Kier alpha value is -12.0. The number of rotatable bonds is 44. The number of alkyl carbamates (subject to hydrolysis) is 2. The quantitative estimate of drug-likeness (QED) is 0.0174. The standard InChI is InChI=1S/C32H41N9O8.C19H30N4O6.C17H16N6O5/c33-27(42)11-10-26(39-32(46)49-21-24-4-2-1-3-5-24)31(45)35-15-17-48-19-18-47-16-14-34-28(43)12-13-29(44)36-20-23-6-8-25(9-7-23)30-40-37-22-38-41-30;20-8-10-27-12-13-28-11-9-22-18(25)16(6-7-17(21)24)23-19(26)29-14-15-4-2-1-3-5-15;24-13(5-8-16(27)28-23-14(25)6-7-15(23)26)18-9-11-1-3-12(4-2-11)17-21-19-10-20-22-17/h1-9,22,26H,10-21H2,(H2,33,42)(H,34,43)(H,35,45)(H,36,44)(H,39,46);1-5,16H,6-14,20H2,(H2,21,24)(H,22,25)(H,23,26);1-4,10H,5-9H2,(H,18,24). The third-order valence-corrected chi connectivity index (χ3v) is 14.2. The van der Waals surface area contributed by atoms with Gasteiger partial charge in [0.05, 0.1) is 59.3 Å². The molecule has 1 saturated heterocycles. The fourth-order valence-electron chi connectivity index (χ4n) is 8.75. The Labute approximate surface area is 608 Å². The maximum Gasteiger partial charge on any atom is 0.408 e. The van der Waals surface area contributed by atoms with Crippen molar-refractivity contribution in [2.24, 2.45) is 17.2 Å². The van der Waals surface area contributed by atoms with Crippen LogP contribution < -0.4 is 54.4 Å². The van der Waals surface area contributed by atoms with Crippen molar-refractivity contribution in [1.82, 2.24) is 83.1 Å². The van der Waals surface area contributed by atoms with Crippen molar-refractivity contribution in [3.8, 4) is 22.8 Å². The summed E-state index contributed by atoms with van der Waals surface area (Å²) in [6.07, 6.45) is 0.634. The van der Waals surface area contributed by atoms with E-state index >= 15 is 0 Å². The van der Waals surface area contributed by atoms with E-state index in [-0.39, 0.29) is 154 Å². The van der Waals surface area contributed by atoms with E-state index in [1.165, 1.54) is 12.7 Å². The van der Waals surface area contributed by atoms with Gasteiger partial charge in [0.1, 0.15) is 25.3 Å². The zero-order chi connectivity index (χ0) is 76.4. The van der Waals surface area contributed by atoms with Gasteiger partial charge in [0, 0.05) is 95.3 Å². The monoisotopic (exact) mass is 1470 g/mol. The maximum absolute atomic E-state index is 12.6. The summed E-state index contributed by atoms with van der Waals surface area (Å²) < 4.78 is 31.6. The number of imide groups is 1. The molecular formula is C68H87N19O19. The number of benzene rings is 4. The lowest BCUT2D eigenvalue weighted by atomic mass is 10.1. The van der Waals surface area contributed by atoms with Gasteiger partial charge in [-0.3, -0.25) is 43.2 Å². The average Bonchev–Trinajstić information content (AvgIpc) is 1.80. The zero-order valence-corrected chi connectivity index (χ0v) is 58.1. The topological polar surface area (TPSA) is 538 Å². The van der Waals surface area contributed by atoms with Crippen LogP contribution in [0.25, 0.3) is 22.8 Å². The highest BCUT2D eigenvalue weighted by Crippen LogP contribution is 2.17. The van der Waals surface area contributed by atoms with Gasteiger partial charge in [-0.2, -0.15) is 0 Å². The fourth-order valence-corrected chi connectivity index (χ4v) is 8.75. The number of amides is 11. The predicted octanol–water partition coefficient (Wildman–Crippen LogP) is -0.252. The molecule has 568 valence electrons. The summed E-state index contributed by atoms with van der Waals surface area (Å²) in [7, 11) is 0. The zero-order valence-electron chi connectivity index (χ0n) is 58.1. The third-order valence-electron chi connectivity index (χ3n) is 14.2. The van der Waals surface area contributed by atoms with Crippen molar-refractivity contribution in [2.75, 3.05) is 79.0 Å². The number of primary amides is 2. The highest BCUT2D eigenvalue weighted by molar-refractivity contribution is 6.01. The van der Waals surface area contributed by atoms with Crippen molar-refractivity contribution in [3.63, 3.8) is 0 Å². The molecule has 0 bridgehead atoms. The minimum atomic E-state index is -1.01. The number of nitrogens with two attached hydrogens (primary N) is 3. The Balaban J connectivity index is 0.000000304. The smallest absolute Gasteiger partial charge is 0.408 e. The Morgan fingerprint density at radius 2 is 0.792 bits per heavy atom. The first kappa shape index (κ1) is 84.7. The molecule has 1 fully saturated rings. The van der Waals surface area contributed by atoms with Crippen molar-refractivity contribution < 1.29 is 90.8 Å². The summed E-state index contributed by atoms with van der Waals surface area (Å²) >= 11 is 0. The number of aromatic nitrogens is 8. The second-order valence-corrected chi connectivity index (χ2v) is 22.4. The van der Waals surface area contributed by atoms with E-state index in [0.29, 0.717) is 49.6 Å². The van der Waals surface area contributed by atoms with Gasteiger partial charge in [-0.1, -0.05) is 109 Å². The van der Waals surface area contributed by atoms with Gasteiger partial charge in [-0.15, -0.1) is 45.9 Å². The second-order valence-electron chi connectivity index (χ2n) is 22.4. The normalized spacial score (nSPS) is 11.9. The summed E-state index contributed by atoms with van der Waals surface area (Å²) in [5, 5.41) is 49.0. The van der Waals surface area contributed by atoms with Crippen LogP contribution in [0.5, 0.6) is 0 Å². The molecule has 0 saturated carbocycles. The van der Waals surface area contributed by atoms with E-state index in [0.717, 1.165) is 33.4 Å². The Morgan fingerprint density at radius 3 is 1.18 bits per heavy atom. The van der Waals surface area contributed by atoms with Gasteiger partial charge in [0.15, 0.2) is 12.7 Å². The van der Waals surface area contributed by atoms with Gasteiger partial charge >= 0.3 is 18.2 Å². The Bertz CT molecular complexity index is 3680. The molecule has 11 amide bonds. The van der Waals surface area contributed by atoms with E-state index in [1.807, 2.05) is 72.8 Å². The highest BCUT2D eigenvalue weighted by Gasteiger charge is 2.33. The molecule has 13 N–H and O–H groups in total. The molecule has 2 aromatic heterocycles. The molecule has 3 heterocycles. The molecule has 0 spiro atoms. The molecule has 6 aromatic rings. The molecular weight excluding hydrogens is 1390 g/mol. The second kappa shape index (κ2) is 50.4. The molecule has 106 heavy (non-hydrogen) atoms. The van der Waals surface area contributed by atoms with Gasteiger partial charge < -0.3 is 87.7 Å². The van der Waals surface area contributed by atoms with Crippen LogP contribution in [0.15, 0.2) is 122 Å². The number of carbonyl (C=O) groups is 12. The van der Waals surface area contributed by atoms with Gasteiger partial charge in [-0.05, 0) is 35.1 Å². The van der Waals surface area contributed by atoms with Crippen LogP contribution in [0, 0.1) is 0 Å².